The molecule has 0 saturated heterocycles. The van der Waals surface area contributed by atoms with Gasteiger partial charge in [0.15, 0.2) is 5.82 Å². The Morgan fingerprint density at radius 2 is 2.08 bits per heavy atom. The van der Waals surface area contributed by atoms with Crippen LogP contribution in [0.2, 0.25) is 0 Å². The number of aromatic nitrogens is 5. The number of aryl methyl sites for hydroxylation is 1. The van der Waals surface area contributed by atoms with Crippen LogP contribution in [0.15, 0.2) is 43.1 Å². The molecule has 132 valence electrons. The molecule has 0 fully saturated rings. The molecule has 0 aliphatic heterocycles. The van der Waals surface area contributed by atoms with Gasteiger partial charge in [-0.25, -0.2) is 9.97 Å². The van der Waals surface area contributed by atoms with Crippen molar-refractivity contribution in [2.45, 2.75) is 13.5 Å². The summed E-state index contributed by atoms with van der Waals surface area (Å²) in [5, 5.41) is 9.26. The molecule has 9 nitrogen and oxygen atoms in total. The predicted octanol–water partition coefficient (Wildman–Crippen LogP) is 1.04. The maximum Gasteiger partial charge on any atom is 0.259 e. The van der Waals surface area contributed by atoms with Crippen molar-refractivity contribution < 1.29 is 9.59 Å². The first-order valence-corrected chi connectivity index (χ1v) is 7.85. The average Bonchev–Trinajstić information content (AvgIpc) is 3.08. The molecular formula is C17H17N7O2. The highest BCUT2D eigenvalue weighted by Crippen LogP contribution is 2.16. The fourth-order valence-electron chi connectivity index (χ4n) is 2.26. The summed E-state index contributed by atoms with van der Waals surface area (Å²) in [6, 6.07) is 3.65. The quantitative estimate of drug-likeness (QED) is 0.710. The van der Waals surface area contributed by atoms with E-state index in [1.54, 1.807) is 38.6 Å². The molecule has 0 bridgehead atoms. The number of carbonyl (C=O) groups is 2. The Kier molecular flexibility index (Phi) is 4.97. The van der Waals surface area contributed by atoms with Crippen molar-refractivity contribution in [3.05, 3.63) is 54.4 Å². The van der Waals surface area contributed by atoms with Crippen LogP contribution in [-0.2, 0) is 11.3 Å². The van der Waals surface area contributed by atoms with Gasteiger partial charge in [-0.3, -0.25) is 19.3 Å². The van der Waals surface area contributed by atoms with Gasteiger partial charge in [0.05, 0.1) is 23.1 Å². The second-order valence-corrected chi connectivity index (χ2v) is 5.49. The lowest BCUT2D eigenvalue weighted by Gasteiger charge is -2.07. The van der Waals surface area contributed by atoms with E-state index in [1.165, 1.54) is 17.1 Å². The molecule has 0 aromatic carbocycles. The molecular weight excluding hydrogens is 334 g/mol. The number of nitrogens with one attached hydrogen (secondary N) is 2. The molecule has 3 aromatic heterocycles. The SMILES string of the molecule is CNC(=O)Cn1cc(NC(=O)c2cnc(-c3cccnc3)nc2C)cn1. The van der Waals surface area contributed by atoms with Crippen LogP contribution < -0.4 is 10.6 Å². The summed E-state index contributed by atoms with van der Waals surface area (Å²) in [5.41, 5.74) is 2.17. The molecule has 0 aliphatic rings. The van der Waals surface area contributed by atoms with Gasteiger partial charge in [0.25, 0.3) is 5.91 Å². The van der Waals surface area contributed by atoms with Gasteiger partial charge in [-0.1, -0.05) is 0 Å². The van der Waals surface area contributed by atoms with Crippen LogP contribution in [0, 0.1) is 6.92 Å². The summed E-state index contributed by atoms with van der Waals surface area (Å²) < 4.78 is 1.43. The van der Waals surface area contributed by atoms with E-state index in [-0.39, 0.29) is 18.4 Å². The lowest BCUT2D eigenvalue weighted by atomic mass is 10.2. The minimum atomic E-state index is -0.347. The van der Waals surface area contributed by atoms with Gasteiger partial charge in [0.2, 0.25) is 5.91 Å². The molecule has 0 saturated carbocycles. The topological polar surface area (TPSA) is 115 Å². The first-order chi connectivity index (χ1) is 12.6. The van der Waals surface area contributed by atoms with E-state index < -0.39 is 0 Å². The number of nitrogens with zero attached hydrogens (tertiary/aromatic N) is 5. The average molecular weight is 351 g/mol. The highest BCUT2D eigenvalue weighted by atomic mass is 16.2. The van der Waals surface area contributed by atoms with Gasteiger partial charge in [0.1, 0.15) is 6.54 Å². The molecule has 3 aromatic rings. The van der Waals surface area contributed by atoms with Crippen LogP contribution in [0.4, 0.5) is 5.69 Å². The molecule has 0 spiro atoms. The molecule has 0 aliphatic carbocycles. The Morgan fingerprint density at radius 1 is 1.23 bits per heavy atom. The summed E-state index contributed by atoms with van der Waals surface area (Å²) in [4.78, 5) is 36.5. The standard InChI is InChI=1S/C17H17N7O2/c1-11-14(8-20-16(22-11)12-4-3-5-19-6-12)17(26)23-13-7-21-24(9-13)10-15(25)18-2/h3-9H,10H2,1-2H3,(H,18,25)(H,23,26). The van der Waals surface area contributed by atoms with Crippen LogP contribution in [0.1, 0.15) is 16.1 Å². The number of anilines is 1. The Bertz CT molecular complexity index is 937. The van der Waals surface area contributed by atoms with Gasteiger partial charge in [0, 0.05) is 37.4 Å². The Hall–Kier alpha value is -3.62. The number of rotatable bonds is 5. The zero-order chi connectivity index (χ0) is 18.5. The van der Waals surface area contributed by atoms with Crippen molar-refractivity contribution in [1.82, 2.24) is 30.0 Å². The van der Waals surface area contributed by atoms with E-state index in [9.17, 15) is 9.59 Å². The van der Waals surface area contributed by atoms with Gasteiger partial charge in [-0.15, -0.1) is 0 Å². The Balaban J connectivity index is 1.73. The third-order valence-electron chi connectivity index (χ3n) is 3.62. The minimum absolute atomic E-state index is 0.0777. The monoisotopic (exact) mass is 351 g/mol. The number of hydrogen-bond donors (Lipinski definition) is 2. The summed E-state index contributed by atoms with van der Waals surface area (Å²) >= 11 is 0. The maximum absolute atomic E-state index is 12.5. The van der Waals surface area contributed by atoms with Crippen molar-refractivity contribution in [1.29, 1.82) is 0 Å². The molecule has 2 amide bonds. The summed E-state index contributed by atoms with van der Waals surface area (Å²) in [7, 11) is 1.55. The number of amides is 2. The zero-order valence-corrected chi connectivity index (χ0v) is 14.3. The third kappa shape index (κ3) is 3.89. The van der Waals surface area contributed by atoms with Crippen molar-refractivity contribution in [2.24, 2.45) is 0 Å². The largest absolute Gasteiger partial charge is 0.358 e. The van der Waals surface area contributed by atoms with E-state index in [0.717, 1.165) is 5.56 Å². The van der Waals surface area contributed by atoms with Crippen LogP contribution in [0.5, 0.6) is 0 Å². The molecule has 26 heavy (non-hydrogen) atoms. The first kappa shape index (κ1) is 17.2. The molecule has 0 atom stereocenters. The van der Waals surface area contributed by atoms with Crippen molar-refractivity contribution in [3.8, 4) is 11.4 Å². The van der Waals surface area contributed by atoms with Gasteiger partial charge in [-0.2, -0.15) is 5.10 Å². The molecule has 2 N–H and O–H groups in total. The lowest BCUT2D eigenvalue weighted by Crippen LogP contribution is -2.23. The van der Waals surface area contributed by atoms with E-state index in [4.69, 9.17) is 0 Å². The first-order valence-electron chi connectivity index (χ1n) is 7.85. The minimum Gasteiger partial charge on any atom is -0.358 e. The Labute approximate surface area is 149 Å². The van der Waals surface area contributed by atoms with E-state index in [1.807, 2.05) is 6.07 Å². The normalized spacial score (nSPS) is 10.4. The van der Waals surface area contributed by atoms with Crippen LogP contribution in [-0.4, -0.2) is 43.6 Å². The van der Waals surface area contributed by atoms with Crippen LogP contribution >= 0.6 is 0 Å². The fraction of sp³-hybridized carbons (Fsp3) is 0.176. The zero-order valence-electron chi connectivity index (χ0n) is 14.3. The lowest BCUT2D eigenvalue weighted by molar-refractivity contribution is -0.121. The van der Waals surface area contributed by atoms with Crippen LogP contribution in [0.3, 0.4) is 0 Å². The summed E-state index contributed by atoms with van der Waals surface area (Å²) in [6.45, 7) is 1.82. The second-order valence-electron chi connectivity index (χ2n) is 5.49. The van der Waals surface area contributed by atoms with E-state index in [0.29, 0.717) is 22.8 Å². The predicted molar refractivity (Wildman–Crippen MR) is 94.2 cm³/mol. The van der Waals surface area contributed by atoms with Gasteiger partial charge < -0.3 is 10.6 Å². The van der Waals surface area contributed by atoms with Crippen molar-refractivity contribution >= 4 is 17.5 Å². The third-order valence-corrected chi connectivity index (χ3v) is 3.62. The molecule has 9 heteroatoms. The number of hydrogen-bond acceptors (Lipinski definition) is 6. The van der Waals surface area contributed by atoms with E-state index >= 15 is 0 Å². The van der Waals surface area contributed by atoms with Crippen molar-refractivity contribution in [3.63, 3.8) is 0 Å². The number of likely N-dealkylation sites (N-methyl/N-ethyl adjacent to an activating group) is 1. The smallest absolute Gasteiger partial charge is 0.259 e. The summed E-state index contributed by atoms with van der Waals surface area (Å²) in [6.07, 6.45) is 7.86. The maximum atomic E-state index is 12.5. The Morgan fingerprint density at radius 3 is 2.77 bits per heavy atom. The van der Waals surface area contributed by atoms with Crippen LogP contribution in [0.25, 0.3) is 11.4 Å². The molecule has 0 radical (unpaired) electrons. The van der Waals surface area contributed by atoms with E-state index in [2.05, 4.69) is 30.7 Å². The molecule has 3 heterocycles. The molecule has 3 rings (SSSR count). The number of pyridine rings is 1. The van der Waals surface area contributed by atoms with Gasteiger partial charge in [-0.05, 0) is 19.1 Å². The van der Waals surface area contributed by atoms with Crippen molar-refractivity contribution in [2.75, 3.05) is 12.4 Å². The number of carbonyl (C=O) groups excluding carboxylic acids is 2. The molecule has 0 unspecified atom stereocenters. The second kappa shape index (κ2) is 7.51. The summed E-state index contributed by atoms with van der Waals surface area (Å²) in [5.74, 6) is -0.0218. The highest BCUT2D eigenvalue weighted by Gasteiger charge is 2.14. The highest BCUT2D eigenvalue weighted by molar-refractivity contribution is 6.04. The fourth-order valence-corrected chi connectivity index (χ4v) is 2.26. The van der Waals surface area contributed by atoms with Gasteiger partial charge >= 0.3 is 0 Å².